The maximum Gasteiger partial charge on any atom is 0.128 e. The molecule has 1 heterocycles. The maximum atomic E-state index is 13.5. The highest BCUT2D eigenvalue weighted by atomic mass is 19.1. The summed E-state index contributed by atoms with van der Waals surface area (Å²) in [5, 5.41) is 7.74. The molecule has 2 rings (SSSR count). The zero-order valence-corrected chi connectivity index (χ0v) is 12.1. The molecule has 19 heavy (non-hydrogen) atoms. The summed E-state index contributed by atoms with van der Waals surface area (Å²) in [4.78, 5) is 0. The molecule has 0 bridgehead atoms. The number of hydrogen-bond acceptors (Lipinski definition) is 2. The number of aryl methyl sites for hydroxylation is 3. The molecule has 2 aromatic rings. The van der Waals surface area contributed by atoms with Crippen molar-refractivity contribution in [3.8, 4) is 0 Å². The molecule has 4 heteroatoms. The Balaban J connectivity index is 2.25. The largest absolute Gasteiger partial charge is 0.378 e. The lowest BCUT2D eigenvalue weighted by atomic mass is 10.1. The van der Waals surface area contributed by atoms with E-state index in [2.05, 4.69) is 17.3 Å². The van der Waals surface area contributed by atoms with Gasteiger partial charge in [0, 0.05) is 24.0 Å². The molecule has 0 amide bonds. The second-order valence-corrected chi connectivity index (χ2v) is 5.04. The van der Waals surface area contributed by atoms with Crippen LogP contribution in [0.2, 0.25) is 0 Å². The number of halogens is 1. The van der Waals surface area contributed by atoms with E-state index in [1.54, 1.807) is 13.0 Å². The van der Waals surface area contributed by atoms with Crippen LogP contribution in [0.3, 0.4) is 0 Å². The second kappa shape index (κ2) is 5.03. The lowest BCUT2D eigenvalue weighted by molar-refractivity contribution is 0.618. The van der Waals surface area contributed by atoms with Crippen molar-refractivity contribution in [2.24, 2.45) is 7.05 Å². The van der Waals surface area contributed by atoms with E-state index in [4.69, 9.17) is 0 Å². The number of anilines is 1. The van der Waals surface area contributed by atoms with Gasteiger partial charge in [0.2, 0.25) is 0 Å². The van der Waals surface area contributed by atoms with E-state index in [9.17, 15) is 4.39 Å². The molecule has 102 valence electrons. The Hall–Kier alpha value is -1.84. The molecule has 0 saturated heterocycles. The average Bonchev–Trinajstić information content (AvgIpc) is 2.58. The second-order valence-electron chi connectivity index (χ2n) is 5.04. The van der Waals surface area contributed by atoms with Gasteiger partial charge < -0.3 is 5.32 Å². The Labute approximate surface area is 113 Å². The number of aromatic nitrogens is 2. The summed E-state index contributed by atoms with van der Waals surface area (Å²) < 4.78 is 15.4. The summed E-state index contributed by atoms with van der Waals surface area (Å²) in [5.41, 5.74) is 4.76. The van der Waals surface area contributed by atoms with Gasteiger partial charge >= 0.3 is 0 Å². The predicted octanol–water partition coefficient (Wildman–Crippen LogP) is 3.66. The van der Waals surface area contributed by atoms with Gasteiger partial charge in [0.25, 0.3) is 0 Å². The van der Waals surface area contributed by atoms with Crippen molar-refractivity contribution in [2.75, 3.05) is 5.32 Å². The molecule has 0 fully saturated rings. The van der Waals surface area contributed by atoms with Crippen LogP contribution in [0.5, 0.6) is 0 Å². The van der Waals surface area contributed by atoms with Crippen molar-refractivity contribution in [1.82, 2.24) is 9.78 Å². The third-order valence-corrected chi connectivity index (χ3v) is 3.55. The van der Waals surface area contributed by atoms with Crippen molar-refractivity contribution in [3.63, 3.8) is 0 Å². The van der Waals surface area contributed by atoms with Crippen LogP contribution in [0.4, 0.5) is 10.1 Å². The van der Waals surface area contributed by atoms with E-state index < -0.39 is 0 Å². The monoisotopic (exact) mass is 261 g/mol. The molecule has 1 unspecified atom stereocenters. The molecule has 1 aromatic carbocycles. The topological polar surface area (TPSA) is 29.9 Å². The summed E-state index contributed by atoms with van der Waals surface area (Å²) in [6.45, 7) is 7.87. The molecule has 0 aliphatic rings. The van der Waals surface area contributed by atoms with Crippen LogP contribution >= 0.6 is 0 Å². The Morgan fingerprint density at radius 2 is 1.95 bits per heavy atom. The highest BCUT2D eigenvalue weighted by molar-refractivity contribution is 5.48. The van der Waals surface area contributed by atoms with Crippen molar-refractivity contribution in [1.29, 1.82) is 0 Å². The van der Waals surface area contributed by atoms with E-state index in [0.717, 1.165) is 17.1 Å². The van der Waals surface area contributed by atoms with Crippen LogP contribution in [0.15, 0.2) is 18.2 Å². The van der Waals surface area contributed by atoms with E-state index in [1.807, 2.05) is 31.6 Å². The Morgan fingerprint density at radius 1 is 1.26 bits per heavy atom. The van der Waals surface area contributed by atoms with Gasteiger partial charge in [0.05, 0.1) is 11.7 Å². The standard InChI is InChI=1S/C15H20FN3/c1-9-6-7-13(8-14(9)16)17-10(2)15-11(3)18-19(5)12(15)4/h6-8,10,17H,1-5H3. The van der Waals surface area contributed by atoms with Crippen LogP contribution in [-0.4, -0.2) is 9.78 Å². The Kier molecular flexibility index (Phi) is 3.60. The zero-order valence-electron chi connectivity index (χ0n) is 12.1. The molecule has 0 saturated carbocycles. The highest BCUT2D eigenvalue weighted by Gasteiger charge is 2.16. The molecule has 0 spiro atoms. The summed E-state index contributed by atoms with van der Waals surface area (Å²) >= 11 is 0. The Morgan fingerprint density at radius 3 is 2.47 bits per heavy atom. The zero-order chi connectivity index (χ0) is 14.2. The predicted molar refractivity (Wildman–Crippen MR) is 75.9 cm³/mol. The van der Waals surface area contributed by atoms with Crippen molar-refractivity contribution < 1.29 is 4.39 Å². The van der Waals surface area contributed by atoms with Crippen LogP contribution in [0, 0.1) is 26.6 Å². The van der Waals surface area contributed by atoms with Gasteiger partial charge in [0.1, 0.15) is 5.82 Å². The molecule has 0 aliphatic heterocycles. The first kappa shape index (κ1) is 13.6. The first-order chi connectivity index (χ1) is 8.90. The molecule has 1 aromatic heterocycles. The minimum Gasteiger partial charge on any atom is -0.378 e. The third-order valence-electron chi connectivity index (χ3n) is 3.55. The van der Waals surface area contributed by atoms with E-state index >= 15 is 0 Å². The van der Waals surface area contributed by atoms with Gasteiger partial charge in [-0.05, 0) is 45.4 Å². The molecule has 1 atom stereocenters. The van der Waals surface area contributed by atoms with E-state index in [1.165, 1.54) is 11.6 Å². The van der Waals surface area contributed by atoms with E-state index in [0.29, 0.717) is 5.56 Å². The number of hydrogen-bond donors (Lipinski definition) is 1. The van der Waals surface area contributed by atoms with Gasteiger partial charge in [-0.15, -0.1) is 0 Å². The molecule has 0 radical (unpaired) electrons. The number of nitrogens with one attached hydrogen (secondary N) is 1. The summed E-state index contributed by atoms with van der Waals surface area (Å²) in [7, 11) is 1.93. The highest BCUT2D eigenvalue weighted by Crippen LogP contribution is 2.25. The first-order valence-electron chi connectivity index (χ1n) is 6.43. The minimum atomic E-state index is -0.183. The van der Waals surface area contributed by atoms with Crippen LogP contribution in [0.25, 0.3) is 0 Å². The summed E-state index contributed by atoms with van der Waals surface area (Å²) in [6.07, 6.45) is 0. The fraction of sp³-hybridized carbons (Fsp3) is 0.400. The number of nitrogens with zero attached hydrogens (tertiary/aromatic N) is 2. The van der Waals surface area contributed by atoms with Crippen molar-refractivity contribution >= 4 is 5.69 Å². The molecule has 0 aliphatic carbocycles. The third kappa shape index (κ3) is 2.62. The molecular weight excluding hydrogens is 241 g/mol. The quantitative estimate of drug-likeness (QED) is 0.913. The molecule has 1 N–H and O–H groups in total. The number of benzene rings is 1. The molecular formula is C15H20FN3. The van der Waals surface area contributed by atoms with Gasteiger partial charge in [0.15, 0.2) is 0 Å². The van der Waals surface area contributed by atoms with Crippen LogP contribution in [0.1, 0.15) is 35.5 Å². The van der Waals surface area contributed by atoms with Gasteiger partial charge in [-0.2, -0.15) is 5.10 Å². The summed E-state index contributed by atoms with van der Waals surface area (Å²) in [5.74, 6) is -0.183. The van der Waals surface area contributed by atoms with Crippen molar-refractivity contribution in [3.05, 3.63) is 46.5 Å². The lowest BCUT2D eigenvalue weighted by Crippen LogP contribution is -2.09. The smallest absolute Gasteiger partial charge is 0.128 e. The van der Waals surface area contributed by atoms with Crippen molar-refractivity contribution in [2.45, 2.75) is 33.7 Å². The van der Waals surface area contributed by atoms with Gasteiger partial charge in [-0.25, -0.2) is 4.39 Å². The van der Waals surface area contributed by atoms with Gasteiger partial charge in [-0.1, -0.05) is 6.07 Å². The molecule has 3 nitrogen and oxygen atoms in total. The van der Waals surface area contributed by atoms with Crippen LogP contribution in [-0.2, 0) is 7.05 Å². The van der Waals surface area contributed by atoms with Gasteiger partial charge in [-0.3, -0.25) is 4.68 Å². The minimum absolute atomic E-state index is 0.0933. The Bertz CT molecular complexity index is 602. The maximum absolute atomic E-state index is 13.5. The average molecular weight is 261 g/mol. The fourth-order valence-electron chi connectivity index (χ4n) is 2.42. The SMILES string of the molecule is Cc1ccc(NC(C)c2c(C)nn(C)c2C)cc1F. The van der Waals surface area contributed by atoms with E-state index in [-0.39, 0.29) is 11.9 Å². The number of rotatable bonds is 3. The normalized spacial score (nSPS) is 12.5. The summed E-state index contributed by atoms with van der Waals surface area (Å²) in [6, 6.07) is 5.31. The first-order valence-corrected chi connectivity index (χ1v) is 6.43. The lowest BCUT2D eigenvalue weighted by Gasteiger charge is -2.16. The fourth-order valence-corrected chi connectivity index (χ4v) is 2.42. The van der Waals surface area contributed by atoms with Crippen LogP contribution < -0.4 is 5.32 Å².